The molecule has 1 nitrogen and oxygen atoms in total. The fourth-order valence-corrected chi connectivity index (χ4v) is 5.21. The van der Waals surface area contributed by atoms with Crippen molar-refractivity contribution in [2.45, 2.75) is 6.92 Å². The van der Waals surface area contributed by atoms with Crippen LogP contribution in [-0.4, -0.2) is 0 Å². The predicted molar refractivity (Wildman–Crippen MR) is 172 cm³/mol. The lowest BCUT2D eigenvalue weighted by Gasteiger charge is -2.25. The van der Waals surface area contributed by atoms with Crippen LogP contribution >= 0.6 is 0 Å². The third kappa shape index (κ3) is 5.36. The maximum Gasteiger partial charge on any atom is 0.0458 e. The summed E-state index contributed by atoms with van der Waals surface area (Å²) in [5, 5.41) is 0. The summed E-state index contributed by atoms with van der Waals surface area (Å²) in [6.07, 6.45) is 0. The highest BCUT2D eigenvalue weighted by Gasteiger charge is 2.12. The average Bonchev–Trinajstić information content (AvgIpc) is 3.03. The lowest BCUT2D eigenvalue weighted by atomic mass is 9.98. The van der Waals surface area contributed by atoms with Gasteiger partial charge in [-0.1, -0.05) is 128 Å². The van der Waals surface area contributed by atoms with Crippen LogP contribution in [-0.2, 0) is 0 Å². The van der Waals surface area contributed by atoms with E-state index in [4.69, 9.17) is 0 Å². The van der Waals surface area contributed by atoms with Crippen molar-refractivity contribution in [3.05, 3.63) is 170 Å². The molecule has 0 saturated heterocycles. The van der Waals surface area contributed by atoms with Crippen molar-refractivity contribution >= 4 is 11.4 Å². The normalized spacial score (nSPS) is 10.7. The van der Waals surface area contributed by atoms with E-state index in [1.54, 1.807) is 0 Å². The molecule has 0 fully saturated rings. The SMILES string of the molecule is C=C(C)N(c1ccc(-c2cccc(-c3ccccc3)c2)cc1)c1ccc(-c2cccc(-c3ccccc3)c2)cc1. The summed E-state index contributed by atoms with van der Waals surface area (Å²) < 4.78 is 0. The van der Waals surface area contributed by atoms with Gasteiger partial charge in [-0.15, -0.1) is 0 Å². The molecular formula is C39H31N. The molecule has 0 bridgehead atoms. The zero-order chi connectivity index (χ0) is 27.3. The van der Waals surface area contributed by atoms with E-state index in [-0.39, 0.29) is 0 Å². The number of hydrogen-bond donors (Lipinski definition) is 0. The molecule has 1 heteroatoms. The molecule has 0 amide bonds. The van der Waals surface area contributed by atoms with E-state index in [1.165, 1.54) is 44.5 Å². The van der Waals surface area contributed by atoms with Crippen LogP contribution in [0.4, 0.5) is 11.4 Å². The maximum absolute atomic E-state index is 4.29. The second-order valence-corrected chi connectivity index (χ2v) is 10.1. The van der Waals surface area contributed by atoms with Crippen molar-refractivity contribution in [1.82, 2.24) is 0 Å². The molecule has 0 aliphatic heterocycles. The Labute approximate surface area is 237 Å². The van der Waals surface area contributed by atoms with Crippen LogP contribution in [0.3, 0.4) is 0 Å². The summed E-state index contributed by atoms with van der Waals surface area (Å²) in [7, 11) is 0. The molecule has 192 valence electrons. The van der Waals surface area contributed by atoms with Gasteiger partial charge in [-0.05, 0) is 87.8 Å². The Morgan fingerprint density at radius 2 is 0.675 bits per heavy atom. The van der Waals surface area contributed by atoms with Crippen molar-refractivity contribution in [2.75, 3.05) is 4.90 Å². The molecule has 6 aromatic carbocycles. The van der Waals surface area contributed by atoms with Crippen LogP contribution in [0.5, 0.6) is 0 Å². The van der Waals surface area contributed by atoms with E-state index >= 15 is 0 Å². The Morgan fingerprint density at radius 3 is 1.00 bits per heavy atom. The largest absolute Gasteiger partial charge is 0.315 e. The summed E-state index contributed by atoms with van der Waals surface area (Å²) >= 11 is 0. The van der Waals surface area contributed by atoms with Crippen LogP contribution < -0.4 is 4.90 Å². The van der Waals surface area contributed by atoms with Gasteiger partial charge in [0.2, 0.25) is 0 Å². The van der Waals surface area contributed by atoms with E-state index in [0.717, 1.165) is 17.1 Å². The molecule has 0 saturated carbocycles. The minimum atomic E-state index is 0.970. The van der Waals surface area contributed by atoms with E-state index in [2.05, 4.69) is 176 Å². The van der Waals surface area contributed by atoms with Gasteiger partial charge in [0, 0.05) is 17.1 Å². The highest BCUT2D eigenvalue weighted by atomic mass is 15.1. The molecule has 0 aromatic heterocycles. The number of hydrogen-bond acceptors (Lipinski definition) is 1. The number of nitrogens with zero attached hydrogens (tertiary/aromatic N) is 1. The molecule has 0 heterocycles. The smallest absolute Gasteiger partial charge is 0.0458 e. The van der Waals surface area contributed by atoms with Crippen LogP contribution in [0.1, 0.15) is 6.92 Å². The van der Waals surface area contributed by atoms with Gasteiger partial charge in [-0.3, -0.25) is 0 Å². The number of allylic oxidation sites excluding steroid dienone is 1. The third-order valence-electron chi connectivity index (χ3n) is 7.24. The Morgan fingerprint density at radius 1 is 0.375 bits per heavy atom. The summed E-state index contributed by atoms with van der Waals surface area (Å²) in [5.74, 6) is 0. The van der Waals surface area contributed by atoms with Gasteiger partial charge in [0.25, 0.3) is 0 Å². The molecule has 0 N–H and O–H groups in total. The summed E-state index contributed by atoms with van der Waals surface area (Å²) in [6.45, 7) is 6.34. The second kappa shape index (κ2) is 11.3. The zero-order valence-corrected chi connectivity index (χ0v) is 22.7. The quantitative estimate of drug-likeness (QED) is 0.205. The van der Waals surface area contributed by atoms with Gasteiger partial charge in [-0.25, -0.2) is 0 Å². The zero-order valence-electron chi connectivity index (χ0n) is 22.7. The van der Waals surface area contributed by atoms with E-state index in [9.17, 15) is 0 Å². The van der Waals surface area contributed by atoms with Gasteiger partial charge in [-0.2, -0.15) is 0 Å². The Bertz CT molecular complexity index is 1610. The van der Waals surface area contributed by atoms with Crippen molar-refractivity contribution in [1.29, 1.82) is 0 Å². The first-order chi connectivity index (χ1) is 19.7. The molecule has 6 rings (SSSR count). The molecule has 0 spiro atoms. The van der Waals surface area contributed by atoms with E-state index in [1.807, 2.05) is 0 Å². The van der Waals surface area contributed by atoms with Crippen LogP contribution in [0.15, 0.2) is 170 Å². The topological polar surface area (TPSA) is 3.24 Å². The second-order valence-electron chi connectivity index (χ2n) is 10.1. The third-order valence-corrected chi connectivity index (χ3v) is 7.24. The lowest BCUT2D eigenvalue weighted by Crippen LogP contribution is -2.13. The monoisotopic (exact) mass is 513 g/mol. The molecule has 0 aliphatic rings. The number of anilines is 2. The first-order valence-corrected chi connectivity index (χ1v) is 13.6. The predicted octanol–water partition coefficient (Wildman–Crippen LogP) is 11.0. The van der Waals surface area contributed by atoms with Gasteiger partial charge in [0.15, 0.2) is 0 Å². The number of rotatable bonds is 7. The van der Waals surface area contributed by atoms with E-state index < -0.39 is 0 Å². The molecule has 0 aliphatic carbocycles. The first kappa shape index (κ1) is 25.2. The average molecular weight is 514 g/mol. The maximum atomic E-state index is 4.29. The van der Waals surface area contributed by atoms with Crippen LogP contribution in [0, 0.1) is 0 Å². The Hall–Kier alpha value is -5.14. The molecule has 0 atom stereocenters. The van der Waals surface area contributed by atoms with Gasteiger partial charge in [0.05, 0.1) is 0 Å². The van der Waals surface area contributed by atoms with Crippen molar-refractivity contribution in [3.63, 3.8) is 0 Å². The van der Waals surface area contributed by atoms with Crippen LogP contribution in [0.2, 0.25) is 0 Å². The minimum absolute atomic E-state index is 0.970. The van der Waals surface area contributed by atoms with Gasteiger partial charge < -0.3 is 4.90 Å². The fraction of sp³-hybridized carbons (Fsp3) is 0.0256. The summed E-state index contributed by atoms with van der Waals surface area (Å²) in [4.78, 5) is 2.20. The van der Waals surface area contributed by atoms with Crippen molar-refractivity contribution in [3.8, 4) is 44.5 Å². The van der Waals surface area contributed by atoms with Crippen LogP contribution in [0.25, 0.3) is 44.5 Å². The molecule has 0 unspecified atom stereocenters. The highest BCUT2D eigenvalue weighted by Crippen LogP contribution is 2.34. The van der Waals surface area contributed by atoms with Crippen molar-refractivity contribution < 1.29 is 0 Å². The molecule has 0 radical (unpaired) electrons. The standard InChI is InChI=1S/C39H31N/c1-29(2)40(38-23-19-32(20-24-38)36-17-9-15-34(27-36)30-11-5-3-6-12-30)39-25-21-33(22-26-39)37-18-10-16-35(28-37)31-13-7-4-8-14-31/h3-28H,1H2,2H3. The Balaban J connectivity index is 1.25. The van der Waals surface area contributed by atoms with Crippen molar-refractivity contribution in [2.24, 2.45) is 0 Å². The minimum Gasteiger partial charge on any atom is -0.315 e. The molecule has 6 aromatic rings. The molecular weight excluding hydrogens is 482 g/mol. The van der Waals surface area contributed by atoms with E-state index in [0.29, 0.717) is 0 Å². The summed E-state index contributed by atoms with van der Waals surface area (Å²) in [6, 6.07) is 55.9. The first-order valence-electron chi connectivity index (χ1n) is 13.6. The number of benzene rings is 6. The Kier molecular flexibility index (Phi) is 7.11. The van der Waals surface area contributed by atoms with Gasteiger partial charge >= 0.3 is 0 Å². The summed E-state index contributed by atoms with van der Waals surface area (Å²) in [5.41, 5.74) is 12.8. The molecule has 40 heavy (non-hydrogen) atoms. The van der Waals surface area contributed by atoms with Gasteiger partial charge in [0.1, 0.15) is 0 Å². The highest BCUT2D eigenvalue weighted by molar-refractivity contribution is 5.78. The lowest BCUT2D eigenvalue weighted by molar-refractivity contribution is 1.17. The fourth-order valence-electron chi connectivity index (χ4n) is 5.21.